The lowest BCUT2D eigenvalue weighted by Crippen LogP contribution is -2.51. The number of amides is 3. The molecule has 9 nitrogen and oxygen atoms in total. The third-order valence-electron chi connectivity index (χ3n) is 7.06. The van der Waals surface area contributed by atoms with Gasteiger partial charge in [-0.2, -0.15) is 0 Å². The van der Waals surface area contributed by atoms with Gasteiger partial charge in [0.25, 0.3) is 0 Å². The molecule has 3 N–H and O–H groups in total. The van der Waals surface area contributed by atoms with Crippen molar-refractivity contribution in [3.05, 3.63) is 35.4 Å². The Morgan fingerprint density at radius 1 is 1.16 bits per heavy atom. The molecule has 4 atom stereocenters. The number of nitrogens with zero attached hydrogens (tertiary/aromatic N) is 1. The standard InChI is InChI=1S/C26H40F2N4O5/c1-29-23(11-18-5-4-9-36-16-18)15-31-25(33)32-8-3-6-19(17-37-10-7-30-26(34)35-2)24(32)20-12-21(27)14-22(28)13-20/h12-14,18-19,23-24,29H,3-11,15-17H2,1-2H3,(H,30,34)(H,31,33)/t18-,19+,23+,24-/m1/s1. The zero-order valence-electron chi connectivity index (χ0n) is 21.8. The number of carbonyl (C=O) groups is 2. The molecule has 0 aromatic heterocycles. The molecular weight excluding hydrogens is 486 g/mol. The molecule has 3 amide bonds. The van der Waals surface area contributed by atoms with Crippen LogP contribution >= 0.6 is 0 Å². The van der Waals surface area contributed by atoms with Crippen LogP contribution in [-0.4, -0.2) is 83.3 Å². The van der Waals surface area contributed by atoms with E-state index in [4.69, 9.17) is 9.47 Å². The average molecular weight is 527 g/mol. The van der Waals surface area contributed by atoms with Crippen molar-refractivity contribution < 1.29 is 32.6 Å². The number of methoxy groups -OCH3 is 1. The van der Waals surface area contributed by atoms with Gasteiger partial charge in [0.2, 0.25) is 0 Å². The SMILES string of the molecule is CN[C@H](CNC(=O)N1CCC[C@@H](COCCNC(=O)OC)[C@@H]1c1cc(F)cc(F)c1)C[C@H]1CCCOC1. The number of hydrogen-bond acceptors (Lipinski definition) is 6. The summed E-state index contributed by atoms with van der Waals surface area (Å²) in [4.78, 5) is 26.2. The number of likely N-dealkylation sites (N-methyl/N-ethyl adjacent to an activating group) is 1. The number of hydrogen-bond donors (Lipinski definition) is 3. The third kappa shape index (κ3) is 9.08. The largest absolute Gasteiger partial charge is 0.453 e. The lowest BCUT2D eigenvalue weighted by atomic mass is 9.85. The lowest BCUT2D eigenvalue weighted by Gasteiger charge is -2.41. The van der Waals surface area contributed by atoms with E-state index in [2.05, 4.69) is 20.7 Å². The second kappa shape index (κ2) is 15.0. The minimum Gasteiger partial charge on any atom is -0.453 e. The van der Waals surface area contributed by atoms with E-state index in [1.165, 1.54) is 19.2 Å². The number of benzene rings is 1. The molecular formula is C26H40F2N4O5. The Kier molecular flexibility index (Phi) is 11.8. The van der Waals surface area contributed by atoms with E-state index in [1.807, 2.05) is 7.05 Å². The van der Waals surface area contributed by atoms with Gasteiger partial charge in [0.15, 0.2) is 0 Å². The summed E-state index contributed by atoms with van der Waals surface area (Å²) in [6, 6.07) is 2.66. The molecule has 2 aliphatic rings. The molecule has 0 bridgehead atoms. The van der Waals surface area contributed by atoms with Gasteiger partial charge in [0.1, 0.15) is 11.6 Å². The highest BCUT2D eigenvalue weighted by Gasteiger charge is 2.36. The van der Waals surface area contributed by atoms with Crippen molar-refractivity contribution in [1.29, 1.82) is 0 Å². The predicted octanol–water partition coefficient (Wildman–Crippen LogP) is 3.20. The summed E-state index contributed by atoms with van der Waals surface area (Å²) >= 11 is 0. The zero-order valence-corrected chi connectivity index (χ0v) is 21.8. The fraction of sp³-hybridized carbons (Fsp3) is 0.692. The quantitative estimate of drug-likeness (QED) is 0.383. The summed E-state index contributed by atoms with van der Waals surface area (Å²) in [5, 5.41) is 8.85. The Morgan fingerprint density at radius 2 is 1.95 bits per heavy atom. The van der Waals surface area contributed by atoms with E-state index in [1.54, 1.807) is 4.90 Å². The van der Waals surface area contributed by atoms with Crippen molar-refractivity contribution in [2.75, 3.05) is 60.2 Å². The predicted molar refractivity (Wildman–Crippen MR) is 134 cm³/mol. The van der Waals surface area contributed by atoms with Crippen molar-refractivity contribution in [3.63, 3.8) is 0 Å². The fourth-order valence-electron chi connectivity index (χ4n) is 5.22. The van der Waals surface area contributed by atoms with Crippen LogP contribution in [0.2, 0.25) is 0 Å². The summed E-state index contributed by atoms with van der Waals surface area (Å²) in [6.07, 6.45) is 3.99. The second-order valence-electron chi connectivity index (χ2n) is 9.73. The molecule has 2 saturated heterocycles. The molecule has 0 radical (unpaired) electrons. The van der Waals surface area contributed by atoms with Crippen molar-refractivity contribution in [2.24, 2.45) is 11.8 Å². The van der Waals surface area contributed by atoms with Crippen LogP contribution in [-0.2, 0) is 14.2 Å². The van der Waals surface area contributed by atoms with Gasteiger partial charge in [-0.05, 0) is 62.8 Å². The number of halogens is 2. The number of rotatable bonds is 11. The van der Waals surface area contributed by atoms with Gasteiger partial charge < -0.3 is 35.1 Å². The molecule has 2 aliphatic heterocycles. The molecule has 2 heterocycles. The van der Waals surface area contributed by atoms with E-state index in [-0.39, 0.29) is 37.7 Å². The normalized spacial score (nSPS) is 22.8. The smallest absolute Gasteiger partial charge is 0.406 e. The molecule has 1 aromatic rings. The highest BCUT2D eigenvalue weighted by atomic mass is 19.1. The number of urea groups is 1. The van der Waals surface area contributed by atoms with Gasteiger partial charge >= 0.3 is 12.1 Å². The monoisotopic (exact) mass is 526 g/mol. The first kappa shape index (κ1) is 29.1. The first-order valence-corrected chi connectivity index (χ1v) is 13.1. The van der Waals surface area contributed by atoms with Crippen molar-refractivity contribution in [2.45, 2.75) is 44.2 Å². The zero-order chi connectivity index (χ0) is 26.6. The van der Waals surface area contributed by atoms with Crippen LogP contribution in [0.1, 0.15) is 43.7 Å². The van der Waals surface area contributed by atoms with Gasteiger partial charge in [-0.3, -0.25) is 0 Å². The average Bonchev–Trinajstić information content (AvgIpc) is 2.90. The van der Waals surface area contributed by atoms with Crippen LogP contribution in [0.25, 0.3) is 0 Å². The maximum atomic E-state index is 14.2. The van der Waals surface area contributed by atoms with Crippen molar-refractivity contribution in [3.8, 4) is 0 Å². The maximum absolute atomic E-state index is 14.2. The summed E-state index contributed by atoms with van der Waals surface area (Å²) in [7, 11) is 3.16. The van der Waals surface area contributed by atoms with Crippen molar-refractivity contribution >= 4 is 12.1 Å². The topological polar surface area (TPSA) is 101 Å². The molecule has 0 spiro atoms. The summed E-state index contributed by atoms with van der Waals surface area (Å²) in [6.45, 7) is 3.24. The Balaban J connectivity index is 1.65. The lowest BCUT2D eigenvalue weighted by molar-refractivity contribution is 0.0347. The van der Waals surface area contributed by atoms with Gasteiger partial charge in [0, 0.05) is 50.9 Å². The third-order valence-corrected chi connectivity index (χ3v) is 7.06. The highest BCUT2D eigenvalue weighted by Crippen LogP contribution is 2.37. The molecule has 0 saturated carbocycles. The minimum atomic E-state index is -0.687. The number of ether oxygens (including phenoxy) is 3. The van der Waals surface area contributed by atoms with Gasteiger partial charge in [-0.15, -0.1) is 0 Å². The molecule has 37 heavy (non-hydrogen) atoms. The van der Waals surface area contributed by atoms with E-state index in [0.717, 1.165) is 51.4 Å². The van der Waals surface area contributed by atoms with Crippen molar-refractivity contribution in [1.82, 2.24) is 20.9 Å². The Labute approximate surface area is 217 Å². The first-order chi connectivity index (χ1) is 17.9. The van der Waals surface area contributed by atoms with Crippen LogP contribution in [0.3, 0.4) is 0 Å². The first-order valence-electron chi connectivity index (χ1n) is 13.1. The summed E-state index contributed by atoms with van der Waals surface area (Å²) < 4.78 is 44.2. The van der Waals surface area contributed by atoms with Crippen LogP contribution in [0.15, 0.2) is 18.2 Å². The highest BCUT2D eigenvalue weighted by molar-refractivity contribution is 5.75. The van der Waals surface area contributed by atoms with Gasteiger partial charge in [-0.1, -0.05) is 0 Å². The Hall–Kier alpha value is -2.50. The number of likely N-dealkylation sites (tertiary alicyclic amines) is 1. The maximum Gasteiger partial charge on any atom is 0.406 e. The number of alkyl carbamates (subject to hydrolysis) is 1. The van der Waals surface area contributed by atoms with Crippen LogP contribution in [0, 0.1) is 23.5 Å². The number of piperidine rings is 1. The molecule has 1 aromatic carbocycles. The molecule has 2 fully saturated rings. The van der Waals surface area contributed by atoms with Crippen LogP contribution in [0.5, 0.6) is 0 Å². The van der Waals surface area contributed by atoms with E-state index in [0.29, 0.717) is 24.6 Å². The molecule has 0 unspecified atom stereocenters. The molecule has 11 heteroatoms. The van der Waals surface area contributed by atoms with E-state index < -0.39 is 23.8 Å². The number of carbonyl (C=O) groups excluding carboxylic acids is 2. The van der Waals surface area contributed by atoms with Crippen LogP contribution < -0.4 is 16.0 Å². The van der Waals surface area contributed by atoms with Crippen LogP contribution in [0.4, 0.5) is 18.4 Å². The number of nitrogens with one attached hydrogen (secondary N) is 3. The van der Waals surface area contributed by atoms with Gasteiger partial charge in [0.05, 0.1) is 26.4 Å². The molecule has 3 rings (SSSR count). The van der Waals surface area contributed by atoms with E-state index in [9.17, 15) is 18.4 Å². The molecule has 0 aliphatic carbocycles. The van der Waals surface area contributed by atoms with E-state index >= 15 is 0 Å². The summed E-state index contributed by atoms with van der Waals surface area (Å²) in [5.41, 5.74) is 0.401. The van der Waals surface area contributed by atoms with Gasteiger partial charge in [-0.25, -0.2) is 18.4 Å². The Bertz CT molecular complexity index is 851. The molecule has 208 valence electrons. The Morgan fingerprint density at radius 3 is 2.62 bits per heavy atom. The fourth-order valence-corrected chi connectivity index (χ4v) is 5.22. The summed E-state index contributed by atoms with van der Waals surface area (Å²) in [5.74, 6) is -1.09. The second-order valence-corrected chi connectivity index (χ2v) is 9.73. The minimum absolute atomic E-state index is 0.0898.